The molecule has 0 amide bonds. The molecule has 0 fully saturated rings. The van der Waals surface area contributed by atoms with E-state index < -0.39 is 63.7 Å². The van der Waals surface area contributed by atoms with Gasteiger partial charge < -0.3 is 0 Å². The number of hydrogen-bond donors (Lipinski definition) is 0. The van der Waals surface area contributed by atoms with Crippen LogP contribution in [0.5, 0.6) is 0 Å². The third-order valence-electron chi connectivity index (χ3n) is 12.2. The van der Waals surface area contributed by atoms with Gasteiger partial charge in [0, 0.05) is 71.6 Å². The third-order valence-corrected chi connectivity index (χ3v) is 16.1. The number of rotatable bonds is 2. The van der Waals surface area contributed by atoms with Gasteiger partial charge in [0.2, 0.25) is 0 Å². The van der Waals surface area contributed by atoms with Crippen molar-refractivity contribution >= 4 is 85.7 Å². The summed E-state index contributed by atoms with van der Waals surface area (Å²) in [5, 5.41) is 30.7. The van der Waals surface area contributed by atoms with Gasteiger partial charge in [-0.1, -0.05) is 132 Å². The van der Waals surface area contributed by atoms with E-state index >= 15 is 0 Å². The summed E-state index contributed by atoms with van der Waals surface area (Å²) in [6.45, 7) is 9.68. The van der Waals surface area contributed by atoms with Gasteiger partial charge in [-0.3, -0.25) is 0 Å². The quantitative estimate of drug-likeness (QED) is 0.127. The Balaban J connectivity index is 0.000000153. The molecule has 18 heteroatoms. The fraction of sp³-hybridized carbons (Fsp3) is 0.0685. The van der Waals surface area contributed by atoms with Crippen molar-refractivity contribution in [2.45, 2.75) is 34.6 Å². The SMILES string of the molecule is Cc1cc2ccccc2s1.Cc1cc2ccccc2s1.Cc1ccc(-c2c(F)c(F)cc(F)c2F)cc1.[2H]c1c(F)c(F)c(-c2ccc(C)cc2)c(F)c1F.[2H]c1ccnnc1.[2H]c1cnncc1C.c1ccc2sccc2c1.c1ccc2sccc2c1.c1ccnnc1. The van der Waals surface area contributed by atoms with Gasteiger partial charge >= 0.3 is 0 Å². The summed E-state index contributed by atoms with van der Waals surface area (Å²) in [4.78, 5) is 2.78. The average molecular weight is 1300 g/mol. The van der Waals surface area contributed by atoms with Crippen LogP contribution < -0.4 is 0 Å². The van der Waals surface area contributed by atoms with Crippen LogP contribution in [0.25, 0.3) is 62.6 Å². The molecule has 0 atom stereocenters. The first-order chi connectivity index (χ1) is 45.3. The van der Waals surface area contributed by atoms with Gasteiger partial charge in [0.25, 0.3) is 0 Å². The van der Waals surface area contributed by atoms with E-state index in [1.54, 1.807) is 85.4 Å². The van der Waals surface area contributed by atoms with Crippen molar-refractivity contribution in [2.24, 2.45) is 0 Å². The first-order valence-corrected chi connectivity index (χ1v) is 30.9. The van der Waals surface area contributed by atoms with Crippen LogP contribution in [0, 0.1) is 81.2 Å². The molecule has 8 aromatic carbocycles. The zero-order chi connectivity index (χ0) is 67.5. The molecule has 460 valence electrons. The summed E-state index contributed by atoms with van der Waals surface area (Å²) in [6.07, 6.45) is 9.15. The van der Waals surface area contributed by atoms with Crippen LogP contribution in [0.1, 0.15) is 30.6 Å². The molecule has 0 aliphatic carbocycles. The molecule has 15 aromatic rings. The topological polar surface area (TPSA) is 77.3 Å². The van der Waals surface area contributed by atoms with Crippen molar-refractivity contribution in [1.82, 2.24) is 30.6 Å². The van der Waals surface area contributed by atoms with Crippen molar-refractivity contribution < 1.29 is 39.2 Å². The molecule has 6 nitrogen and oxygen atoms in total. The summed E-state index contributed by atoms with van der Waals surface area (Å²) in [5.41, 5.74) is 1.24. The zero-order valence-corrected chi connectivity index (χ0v) is 52.7. The fourth-order valence-electron chi connectivity index (χ4n) is 7.88. The lowest BCUT2D eigenvalue weighted by atomic mass is 10.0. The Morgan fingerprint density at radius 3 is 1.03 bits per heavy atom. The summed E-state index contributed by atoms with van der Waals surface area (Å²) in [7, 11) is 0. The highest BCUT2D eigenvalue weighted by atomic mass is 32.1. The van der Waals surface area contributed by atoms with Gasteiger partial charge in [0.1, 0.15) is 0 Å². The summed E-state index contributed by atoms with van der Waals surface area (Å²) < 4.78 is 133. The maximum absolute atomic E-state index is 13.6. The maximum Gasteiger partial charge on any atom is 0.169 e. The van der Waals surface area contributed by atoms with E-state index in [1.165, 1.54) is 93.0 Å². The number of nitrogens with zero attached hydrogens (tertiary/aromatic N) is 6. The second-order valence-corrected chi connectivity index (χ2v) is 23.6. The molecule has 7 aromatic heterocycles. The van der Waals surface area contributed by atoms with Crippen molar-refractivity contribution in [3.05, 3.63) is 333 Å². The molecule has 15 rings (SSSR count). The molecule has 0 radical (unpaired) electrons. The van der Waals surface area contributed by atoms with Crippen LogP contribution in [0.3, 0.4) is 0 Å². The second kappa shape index (κ2) is 36.1. The lowest BCUT2D eigenvalue weighted by Gasteiger charge is -2.07. The van der Waals surface area contributed by atoms with Crippen molar-refractivity contribution in [2.75, 3.05) is 0 Å². The minimum Gasteiger partial charge on any atom is -0.204 e. The lowest BCUT2D eigenvalue weighted by molar-refractivity contribution is 0.458. The standard InChI is InChI=1S/2C13H8F4.2C9H8S.2C8H6S.C5H6N2.2C4H4N2/c2*1-7-2-4-8(5-3-7)11-12(16)9(14)6-10(15)13(11)17;2*1-7-6-8-4-2-3-5-9(8)10-7;2*1-2-4-8-7(3-1)5-6-9-8;1-5-2-3-6-7-4-5;2*1-2-4-6-5-3-1/h2*2-6H,1H3;2*2-6H,1H3;2*1-6H;2-4H,1H3;2*1-4H/i6D;;;;;;2D;1D;. The number of hydrogen-bond acceptors (Lipinski definition) is 10. The van der Waals surface area contributed by atoms with Gasteiger partial charge in [-0.25, -0.2) is 35.1 Å². The second-order valence-electron chi connectivity index (χ2n) is 19.1. The summed E-state index contributed by atoms with van der Waals surface area (Å²) >= 11 is 7.28. The number of aromatic nitrogens is 6. The Bertz CT molecular complexity index is 4420. The minimum absolute atomic E-state index is 0.0217. The zero-order valence-electron chi connectivity index (χ0n) is 52.4. The number of benzene rings is 8. The molecule has 0 N–H and O–H groups in total. The number of thiophene rings is 4. The molecule has 0 aliphatic heterocycles. The molecular weight excluding hydrogens is 1240 g/mol. The van der Waals surface area contributed by atoms with E-state index in [0.29, 0.717) is 12.1 Å². The van der Waals surface area contributed by atoms with Crippen molar-refractivity contribution in [3.8, 4) is 22.3 Å². The number of halogens is 8. The Morgan fingerprint density at radius 1 is 0.330 bits per heavy atom. The van der Waals surface area contributed by atoms with E-state index in [-0.39, 0.29) is 17.2 Å². The molecule has 0 aliphatic rings. The number of fused-ring (bicyclic) bond motifs is 4. The third kappa shape index (κ3) is 21.8. The van der Waals surface area contributed by atoms with E-state index in [4.69, 9.17) is 4.11 Å². The van der Waals surface area contributed by atoms with Crippen LogP contribution in [0.4, 0.5) is 35.1 Å². The Morgan fingerprint density at radius 2 is 0.703 bits per heavy atom. The molecule has 0 spiro atoms. The highest BCUT2D eigenvalue weighted by Gasteiger charge is 2.21. The Hall–Kier alpha value is -9.72. The molecule has 7 heterocycles. The monoisotopic (exact) mass is 1300 g/mol. The number of aryl methyl sites for hydroxylation is 5. The van der Waals surface area contributed by atoms with E-state index in [1.807, 2.05) is 41.7 Å². The normalized spacial score (nSPS) is 10.5. The smallest absolute Gasteiger partial charge is 0.169 e. The van der Waals surface area contributed by atoms with Gasteiger partial charge in [-0.05, 0) is 162 Å². The van der Waals surface area contributed by atoms with E-state index in [0.717, 1.165) is 16.7 Å². The summed E-state index contributed by atoms with van der Waals surface area (Å²) in [6, 6.07) is 59.2. The van der Waals surface area contributed by atoms with Crippen molar-refractivity contribution in [3.63, 3.8) is 0 Å². The average Bonchev–Trinajstić information content (AvgIpc) is 1.24. The Labute approximate surface area is 542 Å². The van der Waals surface area contributed by atoms with Crippen LogP contribution >= 0.6 is 45.3 Å². The molecular formula is C73H58F8N6S4. The molecule has 0 saturated carbocycles. The maximum atomic E-state index is 13.6. The van der Waals surface area contributed by atoms with Crippen LogP contribution in [0.2, 0.25) is 0 Å². The summed E-state index contributed by atoms with van der Waals surface area (Å²) in [5.74, 6) is -12.1. The molecule has 0 unspecified atom stereocenters. The first-order valence-electron chi connectivity index (χ1n) is 29.0. The highest BCUT2D eigenvalue weighted by Crippen LogP contribution is 2.32. The van der Waals surface area contributed by atoms with Gasteiger partial charge in [0.15, 0.2) is 46.5 Å². The first kappa shape index (κ1) is 64.3. The predicted octanol–water partition coefficient (Wildman–Crippen LogP) is 22.4. The van der Waals surface area contributed by atoms with Crippen molar-refractivity contribution in [1.29, 1.82) is 0 Å². The van der Waals surface area contributed by atoms with E-state index in [9.17, 15) is 35.1 Å². The highest BCUT2D eigenvalue weighted by molar-refractivity contribution is 7.19. The largest absolute Gasteiger partial charge is 0.204 e. The van der Waals surface area contributed by atoms with Gasteiger partial charge in [-0.2, -0.15) is 30.6 Å². The molecule has 0 bridgehead atoms. The predicted molar refractivity (Wildman–Crippen MR) is 361 cm³/mol. The molecule has 91 heavy (non-hydrogen) atoms. The fourth-order valence-corrected chi connectivity index (χ4v) is 11.3. The van der Waals surface area contributed by atoms with Crippen LogP contribution in [-0.2, 0) is 0 Å². The van der Waals surface area contributed by atoms with Crippen LogP contribution in [0.15, 0.2) is 260 Å². The lowest BCUT2D eigenvalue weighted by Crippen LogP contribution is -1.98. The minimum atomic E-state index is -1.69. The van der Waals surface area contributed by atoms with Crippen LogP contribution in [-0.4, -0.2) is 30.6 Å². The van der Waals surface area contributed by atoms with Gasteiger partial charge in [0.05, 0.1) is 21.4 Å². The Kier molecular flexibility index (Phi) is 25.5. The van der Waals surface area contributed by atoms with Gasteiger partial charge in [-0.15, -0.1) is 45.3 Å². The van der Waals surface area contributed by atoms with E-state index in [2.05, 4.69) is 177 Å². The molecule has 0 saturated heterocycles.